The van der Waals surface area contributed by atoms with Gasteiger partial charge in [0.05, 0.1) is 17.3 Å². The third-order valence-electron chi connectivity index (χ3n) is 4.88. The molecule has 3 heterocycles. The van der Waals surface area contributed by atoms with Gasteiger partial charge in [-0.3, -0.25) is 4.79 Å². The van der Waals surface area contributed by atoms with Crippen LogP contribution in [0.2, 0.25) is 5.02 Å². The molecule has 0 unspecified atom stereocenters. The quantitative estimate of drug-likeness (QED) is 0.374. The molecule has 5 rings (SSSR count). The van der Waals surface area contributed by atoms with Crippen molar-refractivity contribution in [3.8, 4) is 28.4 Å². The van der Waals surface area contributed by atoms with Crippen molar-refractivity contribution in [1.29, 1.82) is 0 Å². The molecule has 0 saturated carbocycles. The molecular formula is C22H16ClFN6O3. The predicted octanol–water partition coefficient (Wildman–Crippen LogP) is 3.85. The van der Waals surface area contributed by atoms with Crippen LogP contribution in [-0.4, -0.2) is 36.1 Å². The summed E-state index contributed by atoms with van der Waals surface area (Å²) in [4.78, 5) is 17.2. The van der Waals surface area contributed by atoms with E-state index in [1.165, 1.54) is 27.7 Å². The summed E-state index contributed by atoms with van der Waals surface area (Å²) in [6, 6.07) is 13.3. The molecule has 0 spiro atoms. The molecule has 0 saturated heterocycles. The molecule has 0 fully saturated rings. The third-order valence-corrected chi connectivity index (χ3v) is 5.19. The Morgan fingerprint density at radius 2 is 1.91 bits per heavy atom. The Morgan fingerprint density at radius 1 is 1.12 bits per heavy atom. The van der Waals surface area contributed by atoms with Gasteiger partial charge in [0.25, 0.3) is 5.56 Å². The molecular weight excluding hydrogens is 451 g/mol. The van der Waals surface area contributed by atoms with Crippen LogP contribution in [-0.2, 0) is 6.54 Å². The Kier molecular flexibility index (Phi) is 5.35. The Balaban J connectivity index is 1.41. The molecule has 0 amide bonds. The minimum Gasteiger partial charge on any atom is -0.494 e. The van der Waals surface area contributed by atoms with Crippen LogP contribution in [0.3, 0.4) is 0 Å². The highest BCUT2D eigenvalue weighted by molar-refractivity contribution is 6.30. The molecule has 0 aliphatic heterocycles. The van der Waals surface area contributed by atoms with Crippen LogP contribution in [0.1, 0.15) is 12.8 Å². The van der Waals surface area contributed by atoms with Gasteiger partial charge < -0.3 is 9.26 Å². The van der Waals surface area contributed by atoms with Crippen molar-refractivity contribution in [3.63, 3.8) is 0 Å². The van der Waals surface area contributed by atoms with Crippen molar-refractivity contribution in [2.24, 2.45) is 0 Å². The minimum atomic E-state index is -0.590. The van der Waals surface area contributed by atoms with E-state index < -0.39 is 5.82 Å². The second-order valence-electron chi connectivity index (χ2n) is 7.05. The first-order valence-corrected chi connectivity index (χ1v) is 10.4. The summed E-state index contributed by atoms with van der Waals surface area (Å²) in [6.45, 7) is 2.44. The van der Waals surface area contributed by atoms with Crippen molar-refractivity contribution in [2.75, 3.05) is 6.61 Å². The van der Waals surface area contributed by atoms with E-state index in [1.54, 1.807) is 12.1 Å². The number of benzene rings is 2. The maximum atomic E-state index is 13.7. The Hall–Kier alpha value is -4.05. The standard InChI is InChI=1S/C22H16ClFN6O3/c1-2-32-15-6-3-13(4-7-15)18-10-19-22(31)29(25-12-30(19)27-18)11-20-26-21(28-33-20)14-5-8-16(23)17(24)9-14/h3-10,12H,2,11H2,1H3. The van der Waals surface area contributed by atoms with Crippen LogP contribution in [0.5, 0.6) is 5.75 Å². The van der Waals surface area contributed by atoms with Gasteiger partial charge in [-0.1, -0.05) is 16.8 Å². The Labute approximate surface area is 191 Å². The number of rotatable bonds is 6. The summed E-state index contributed by atoms with van der Waals surface area (Å²) in [5, 5.41) is 12.4. The molecule has 0 bridgehead atoms. The fraction of sp³-hybridized carbons (Fsp3) is 0.136. The lowest BCUT2D eigenvalue weighted by Gasteiger charge is -2.02. The third kappa shape index (κ3) is 4.08. The molecule has 0 atom stereocenters. The number of hydrogen-bond acceptors (Lipinski definition) is 7. The summed E-state index contributed by atoms with van der Waals surface area (Å²) in [5.41, 5.74) is 1.83. The van der Waals surface area contributed by atoms with Gasteiger partial charge in [-0.25, -0.2) is 13.6 Å². The lowest BCUT2D eigenvalue weighted by Crippen LogP contribution is -2.25. The molecule has 2 aromatic carbocycles. The number of halogens is 2. The van der Waals surface area contributed by atoms with E-state index in [0.717, 1.165) is 11.3 Å². The lowest BCUT2D eigenvalue weighted by molar-refractivity contribution is 0.340. The first-order valence-electron chi connectivity index (χ1n) is 9.98. The highest BCUT2D eigenvalue weighted by atomic mass is 35.5. The van der Waals surface area contributed by atoms with Gasteiger partial charge in [0, 0.05) is 11.1 Å². The Bertz CT molecular complexity index is 1510. The summed E-state index contributed by atoms with van der Waals surface area (Å²) in [7, 11) is 0. The number of hydrogen-bond donors (Lipinski definition) is 0. The lowest BCUT2D eigenvalue weighted by atomic mass is 10.1. The average molecular weight is 467 g/mol. The molecule has 0 N–H and O–H groups in total. The van der Waals surface area contributed by atoms with Crippen LogP contribution < -0.4 is 10.3 Å². The molecule has 11 heteroatoms. The monoisotopic (exact) mass is 466 g/mol. The van der Waals surface area contributed by atoms with Crippen molar-refractivity contribution in [2.45, 2.75) is 13.5 Å². The normalized spacial score (nSPS) is 11.2. The zero-order valence-corrected chi connectivity index (χ0v) is 18.0. The van der Waals surface area contributed by atoms with Crippen molar-refractivity contribution in [3.05, 3.63) is 81.9 Å². The van der Waals surface area contributed by atoms with E-state index in [9.17, 15) is 9.18 Å². The van der Waals surface area contributed by atoms with Gasteiger partial charge in [-0.15, -0.1) is 0 Å². The van der Waals surface area contributed by atoms with E-state index in [1.807, 2.05) is 31.2 Å². The van der Waals surface area contributed by atoms with Gasteiger partial charge >= 0.3 is 0 Å². The fourth-order valence-corrected chi connectivity index (χ4v) is 3.40. The van der Waals surface area contributed by atoms with Crippen molar-refractivity contribution >= 4 is 17.1 Å². The molecule has 33 heavy (non-hydrogen) atoms. The van der Waals surface area contributed by atoms with Crippen molar-refractivity contribution < 1.29 is 13.7 Å². The summed E-state index contributed by atoms with van der Waals surface area (Å²) >= 11 is 5.71. The molecule has 5 aromatic rings. The zero-order valence-electron chi connectivity index (χ0n) is 17.3. The molecule has 0 radical (unpaired) electrons. The van der Waals surface area contributed by atoms with Gasteiger partial charge in [-0.05, 0) is 55.5 Å². The molecule has 3 aromatic heterocycles. The van der Waals surface area contributed by atoms with E-state index in [0.29, 0.717) is 23.4 Å². The van der Waals surface area contributed by atoms with Crippen LogP contribution in [0.25, 0.3) is 28.2 Å². The fourth-order valence-electron chi connectivity index (χ4n) is 3.28. The van der Waals surface area contributed by atoms with Gasteiger partial charge in [0.1, 0.15) is 30.0 Å². The summed E-state index contributed by atoms with van der Waals surface area (Å²) < 4.78 is 27.0. The molecule has 9 nitrogen and oxygen atoms in total. The van der Waals surface area contributed by atoms with E-state index >= 15 is 0 Å². The molecule has 166 valence electrons. The van der Waals surface area contributed by atoms with Crippen LogP contribution in [0.4, 0.5) is 4.39 Å². The summed E-state index contributed by atoms with van der Waals surface area (Å²) in [6.07, 6.45) is 1.43. The average Bonchev–Trinajstić information content (AvgIpc) is 3.46. The van der Waals surface area contributed by atoms with E-state index in [-0.39, 0.29) is 28.8 Å². The first-order chi connectivity index (χ1) is 16.0. The van der Waals surface area contributed by atoms with Crippen LogP contribution in [0.15, 0.2) is 64.2 Å². The number of ether oxygens (including phenoxy) is 1. The predicted molar refractivity (Wildman–Crippen MR) is 118 cm³/mol. The second-order valence-corrected chi connectivity index (χ2v) is 7.46. The largest absolute Gasteiger partial charge is 0.494 e. The highest BCUT2D eigenvalue weighted by Crippen LogP contribution is 2.23. The number of fused-ring (bicyclic) bond motifs is 1. The topological polar surface area (TPSA) is 100 Å². The van der Waals surface area contributed by atoms with Gasteiger partial charge in [-0.2, -0.15) is 15.2 Å². The SMILES string of the molecule is CCOc1ccc(-c2cc3c(=O)n(Cc4nc(-c5ccc(Cl)c(F)c5)no4)ncn3n2)cc1. The maximum Gasteiger partial charge on any atom is 0.293 e. The van der Waals surface area contributed by atoms with E-state index in [2.05, 4.69) is 20.3 Å². The second kappa shape index (κ2) is 8.47. The zero-order chi connectivity index (χ0) is 22.9. The van der Waals surface area contributed by atoms with E-state index in [4.69, 9.17) is 20.9 Å². The number of nitrogens with zero attached hydrogens (tertiary/aromatic N) is 6. The van der Waals surface area contributed by atoms with Gasteiger partial charge in [0.15, 0.2) is 0 Å². The minimum absolute atomic E-state index is 0.00284. The first kappa shape index (κ1) is 20.8. The molecule has 0 aliphatic rings. The van der Waals surface area contributed by atoms with Gasteiger partial charge in [0.2, 0.25) is 11.7 Å². The van der Waals surface area contributed by atoms with Crippen molar-refractivity contribution in [1.82, 2.24) is 29.5 Å². The molecule has 0 aliphatic carbocycles. The van der Waals surface area contributed by atoms with Crippen LogP contribution in [0, 0.1) is 5.82 Å². The summed E-state index contributed by atoms with van der Waals surface area (Å²) in [5.74, 6) is 0.490. The highest BCUT2D eigenvalue weighted by Gasteiger charge is 2.15. The Morgan fingerprint density at radius 3 is 2.67 bits per heavy atom. The van der Waals surface area contributed by atoms with Crippen LogP contribution >= 0.6 is 11.6 Å². The smallest absolute Gasteiger partial charge is 0.293 e. The maximum absolute atomic E-state index is 13.7. The number of aromatic nitrogens is 6.